The number of alkyl halides is 1. The van der Waals surface area contributed by atoms with Crippen molar-refractivity contribution < 1.29 is 4.74 Å². The van der Waals surface area contributed by atoms with Gasteiger partial charge >= 0.3 is 0 Å². The summed E-state index contributed by atoms with van der Waals surface area (Å²) in [6, 6.07) is 0. The molecule has 1 aromatic heterocycles. The Balaban J connectivity index is 2.79. The van der Waals surface area contributed by atoms with E-state index in [1.807, 2.05) is 0 Å². The molecule has 0 fully saturated rings. The van der Waals surface area contributed by atoms with Gasteiger partial charge in [-0.1, -0.05) is 38.9 Å². The van der Waals surface area contributed by atoms with Crippen molar-refractivity contribution in [3.05, 3.63) is 10.0 Å². The van der Waals surface area contributed by atoms with E-state index in [0.29, 0.717) is 10.3 Å². The van der Waals surface area contributed by atoms with Crippen LogP contribution in [0.3, 0.4) is 0 Å². The van der Waals surface area contributed by atoms with Gasteiger partial charge in [0.2, 0.25) is 0 Å². The number of hydrogen-bond acceptors (Lipinski definition) is 3. The quantitative estimate of drug-likeness (QED) is 0.776. The van der Waals surface area contributed by atoms with Crippen LogP contribution in [-0.4, -0.2) is 17.4 Å². The molecule has 2 nitrogen and oxygen atoms in total. The standard InChI is InChI=1S/C6H7BrClNOS/c1-10-6-9-5(8)4(11-6)2-3-7/h2-3H2,1H3. The summed E-state index contributed by atoms with van der Waals surface area (Å²) in [5.41, 5.74) is 0. The number of methoxy groups -OCH3 is 1. The summed E-state index contributed by atoms with van der Waals surface area (Å²) in [5.74, 6) is 0. The topological polar surface area (TPSA) is 22.1 Å². The molecule has 1 heterocycles. The van der Waals surface area contributed by atoms with Crippen LogP contribution in [-0.2, 0) is 6.42 Å². The van der Waals surface area contributed by atoms with Gasteiger partial charge in [0.25, 0.3) is 5.19 Å². The lowest BCUT2D eigenvalue weighted by Crippen LogP contribution is -1.80. The number of hydrogen-bond donors (Lipinski definition) is 0. The zero-order valence-electron chi connectivity index (χ0n) is 5.93. The van der Waals surface area contributed by atoms with E-state index in [4.69, 9.17) is 16.3 Å². The van der Waals surface area contributed by atoms with Gasteiger partial charge < -0.3 is 4.74 Å². The van der Waals surface area contributed by atoms with E-state index in [9.17, 15) is 0 Å². The smallest absolute Gasteiger partial charge is 0.274 e. The molecule has 0 spiro atoms. The lowest BCUT2D eigenvalue weighted by atomic mass is 10.4. The van der Waals surface area contributed by atoms with Gasteiger partial charge in [-0.3, -0.25) is 0 Å². The Morgan fingerprint density at radius 1 is 1.73 bits per heavy atom. The van der Waals surface area contributed by atoms with E-state index in [1.54, 1.807) is 7.11 Å². The Bertz CT molecular complexity index is 240. The normalized spacial score (nSPS) is 10.1. The average molecular weight is 257 g/mol. The van der Waals surface area contributed by atoms with Crippen LogP contribution >= 0.6 is 38.9 Å². The van der Waals surface area contributed by atoms with Crippen LogP contribution in [0, 0.1) is 0 Å². The highest BCUT2D eigenvalue weighted by molar-refractivity contribution is 9.09. The predicted octanol–water partition coefficient (Wildman–Crippen LogP) is 2.74. The summed E-state index contributed by atoms with van der Waals surface area (Å²) < 4.78 is 4.93. The van der Waals surface area contributed by atoms with Gasteiger partial charge in [0, 0.05) is 10.2 Å². The highest BCUT2D eigenvalue weighted by atomic mass is 79.9. The number of halogens is 2. The maximum absolute atomic E-state index is 5.80. The van der Waals surface area contributed by atoms with Gasteiger partial charge in [-0.05, 0) is 6.42 Å². The third-order valence-electron chi connectivity index (χ3n) is 1.13. The van der Waals surface area contributed by atoms with Gasteiger partial charge in [-0.15, -0.1) is 0 Å². The minimum atomic E-state index is 0.561. The lowest BCUT2D eigenvalue weighted by Gasteiger charge is -1.88. The zero-order chi connectivity index (χ0) is 8.27. The SMILES string of the molecule is COc1nc(Cl)c(CCBr)s1. The molecule has 0 aliphatic heterocycles. The van der Waals surface area contributed by atoms with Gasteiger partial charge in [0.15, 0.2) is 0 Å². The minimum absolute atomic E-state index is 0.561. The van der Waals surface area contributed by atoms with Gasteiger partial charge in [-0.25, -0.2) is 0 Å². The molecule has 5 heteroatoms. The fraction of sp³-hybridized carbons (Fsp3) is 0.500. The maximum atomic E-state index is 5.80. The first-order chi connectivity index (χ1) is 5.27. The molecule has 11 heavy (non-hydrogen) atoms. The minimum Gasteiger partial charge on any atom is -0.473 e. The van der Waals surface area contributed by atoms with Crippen molar-refractivity contribution in [1.82, 2.24) is 4.98 Å². The second kappa shape index (κ2) is 4.28. The molecule has 0 radical (unpaired) electrons. The Kier molecular flexibility index (Phi) is 3.62. The van der Waals surface area contributed by atoms with E-state index in [0.717, 1.165) is 16.6 Å². The van der Waals surface area contributed by atoms with Crippen LogP contribution in [0.1, 0.15) is 4.88 Å². The Hall–Kier alpha value is 0.200. The third kappa shape index (κ3) is 2.32. The molecule has 0 atom stereocenters. The Morgan fingerprint density at radius 3 is 2.91 bits per heavy atom. The van der Waals surface area contributed by atoms with Crippen molar-refractivity contribution in [2.75, 3.05) is 12.4 Å². The zero-order valence-corrected chi connectivity index (χ0v) is 9.09. The molecule has 0 unspecified atom stereocenters. The largest absolute Gasteiger partial charge is 0.473 e. The Labute approximate surface area is 82.7 Å². The summed E-state index contributed by atoms with van der Waals surface area (Å²) in [6.45, 7) is 0. The van der Waals surface area contributed by atoms with Crippen molar-refractivity contribution in [3.8, 4) is 5.19 Å². The van der Waals surface area contributed by atoms with Crippen LogP contribution < -0.4 is 4.74 Å². The molecule has 0 aromatic carbocycles. The van der Waals surface area contributed by atoms with E-state index in [2.05, 4.69) is 20.9 Å². The summed E-state index contributed by atoms with van der Waals surface area (Å²) in [5, 5.41) is 2.09. The Morgan fingerprint density at radius 2 is 2.45 bits per heavy atom. The molecule has 0 bridgehead atoms. The van der Waals surface area contributed by atoms with E-state index in [1.165, 1.54) is 11.3 Å². The fourth-order valence-electron chi connectivity index (χ4n) is 0.640. The second-order valence-electron chi connectivity index (χ2n) is 1.84. The van der Waals surface area contributed by atoms with Gasteiger partial charge in [0.05, 0.1) is 7.11 Å². The number of aryl methyl sites for hydroxylation is 1. The van der Waals surface area contributed by atoms with Gasteiger partial charge in [0.1, 0.15) is 5.15 Å². The predicted molar refractivity (Wildman–Crippen MR) is 51.2 cm³/mol. The van der Waals surface area contributed by atoms with E-state index < -0.39 is 0 Å². The van der Waals surface area contributed by atoms with Crippen molar-refractivity contribution >= 4 is 38.9 Å². The van der Waals surface area contributed by atoms with E-state index >= 15 is 0 Å². The molecule has 0 aliphatic carbocycles. The molecule has 0 saturated heterocycles. The van der Waals surface area contributed by atoms with E-state index in [-0.39, 0.29) is 0 Å². The van der Waals surface area contributed by atoms with Crippen molar-refractivity contribution in [2.24, 2.45) is 0 Å². The lowest BCUT2D eigenvalue weighted by molar-refractivity contribution is 0.412. The van der Waals surface area contributed by atoms with Crippen LogP contribution in [0.5, 0.6) is 5.19 Å². The second-order valence-corrected chi connectivity index (χ2v) is 4.03. The number of nitrogens with zero attached hydrogens (tertiary/aromatic N) is 1. The number of ether oxygens (including phenoxy) is 1. The fourth-order valence-corrected chi connectivity index (χ4v) is 2.40. The summed E-state index contributed by atoms with van der Waals surface area (Å²) in [6.07, 6.45) is 0.903. The highest BCUT2D eigenvalue weighted by Crippen LogP contribution is 2.28. The molecule has 1 rings (SSSR count). The highest BCUT2D eigenvalue weighted by Gasteiger charge is 2.07. The van der Waals surface area contributed by atoms with Gasteiger partial charge in [-0.2, -0.15) is 4.98 Å². The summed E-state index contributed by atoms with van der Waals surface area (Å²) in [7, 11) is 1.59. The number of rotatable bonds is 3. The first-order valence-electron chi connectivity index (χ1n) is 3.03. The number of aromatic nitrogens is 1. The average Bonchev–Trinajstić information content (AvgIpc) is 2.33. The molecule has 0 saturated carbocycles. The summed E-state index contributed by atoms with van der Waals surface area (Å²) >= 11 is 10.6. The van der Waals surface area contributed by atoms with Crippen LogP contribution in [0.2, 0.25) is 5.15 Å². The monoisotopic (exact) mass is 255 g/mol. The molecule has 0 N–H and O–H groups in total. The molecular weight excluding hydrogens is 249 g/mol. The first-order valence-corrected chi connectivity index (χ1v) is 5.34. The maximum Gasteiger partial charge on any atom is 0.274 e. The molecule has 1 aromatic rings. The van der Waals surface area contributed by atoms with Crippen molar-refractivity contribution in [2.45, 2.75) is 6.42 Å². The van der Waals surface area contributed by atoms with Crippen LogP contribution in [0.4, 0.5) is 0 Å². The molecule has 0 amide bonds. The molecule has 62 valence electrons. The first kappa shape index (κ1) is 9.29. The van der Waals surface area contributed by atoms with Crippen LogP contribution in [0.25, 0.3) is 0 Å². The number of thiazole rings is 1. The van der Waals surface area contributed by atoms with Crippen molar-refractivity contribution in [3.63, 3.8) is 0 Å². The summed E-state index contributed by atoms with van der Waals surface area (Å²) in [4.78, 5) is 5.06. The van der Waals surface area contributed by atoms with Crippen LogP contribution in [0.15, 0.2) is 0 Å². The molecule has 0 aliphatic rings. The molecular formula is C6H7BrClNOS. The van der Waals surface area contributed by atoms with Crippen molar-refractivity contribution in [1.29, 1.82) is 0 Å². The third-order valence-corrected chi connectivity index (χ3v) is 3.02.